The van der Waals surface area contributed by atoms with Gasteiger partial charge in [0.25, 0.3) is 0 Å². The number of hydrogen-bond donors (Lipinski definition) is 0. The molecule has 0 aliphatic heterocycles. The topological polar surface area (TPSA) is 35.5 Å². The lowest BCUT2D eigenvalue weighted by molar-refractivity contribution is -0.162. The molecule has 0 aliphatic carbocycles. The quantitative estimate of drug-likeness (QED) is 0.618. The van der Waals surface area contributed by atoms with Crippen LogP contribution >= 0.6 is 11.8 Å². The van der Waals surface area contributed by atoms with Crippen LogP contribution < -0.4 is 4.74 Å². The molecule has 0 spiro atoms. The Bertz CT molecular complexity index is 392. The first kappa shape index (κ1) is 14.9. The molecule has 0 amide bonds. The van der Waals surface area contributed by atoms with E-state index in [1.54, 1.807) is 18.7 Å². The van der Waals surface area contributed by atoms with Gasteiger partial charge in [0, 0.05) is 4.90 Å². The van der Waals surface area contributed by atoms with Crippen LogP contribution in [0.25, 0.3) is 0 Å². The Balaban J connectivity index is 2.58. The van der Waals surface area contributed by atoms with E-state index in [2.05, 4.69) is 0 Å². The summed E-state index contributed by atoms with van der Waals surface area (Å²) >= 11 is 1.66. The fourth-order valence-corrected chi connectivity index (χ4v) is 1.70. The van der Waals surface area contributed by atoms with Crippen LogP contribution in [-0.2, 0) is 9.53 Å². The van der Waals surface area contributed by atoms with E-state index in [-0.39, 0.29) is 5.97 Å². The number of thioether (sulfide) groups is 1. The van der Waals surface area contributed by atoms with Crippen LogP contribution in [0.15, 0.2) is 29.2 Å². The molecule has 18 heavy (non-hydrogen) atoms. The first-order valence-electron chi connectivity index (χ1n) is 5.85. The molecule has 0 heterocycles. The molecule has 1 rings (SSSR count). The summed E-state index contributed by atoms with van der Waals surface area (Å²) in [4.78, 5) is 12.9. The molecular formula is C14H20O3S. The molecule has 4 heteroatoms. The van der Waals surface area contributed by atoms with Crippen molar-refractivity contribution in [1.29, 1.82) is 0 Å². The molecule has 0 N–H and O–H groups in total. The van der Waals surface area contributed by atoms with E-state index in [0.717, 1.165) is 4.90 Å². The highest BCUT2D eigenvalue weighted by Crippen LogP contribution is 2.20. The van der Waals surface area contributed by atoms with Crippen LogP contribution in [0.2, 0.25) is 0 Å². The fourth-order valence-electron chi connectivity index (χ4n) is 1.29. The first-order chi connectivity index (χ1) is 8.31. The number of esters is 1. The largest absolute Gasteiger partial charge is 0.479 e. The normalized spacial score (nSPS) is 12.9. The molecular weight excluding hydrogens is 248 g/mol. The number of hydrogen-bond acceptors (Lipinski definition) is 4. The van der Waals surface area contributed by atoms with Gasteiger partial charge in [0.15, 0.2) is 6.10 Å². The molecule has 0 saturated carbocycles. The summed E-state index contributed by atoms with van der Waals surface area (Å²) in [5.41, 5.74) is -0.489. The zero-order valence-corrected chi connectivity index (χ0v) is 12.3. The van der Waals surface area contributed by atoms with Gasteiger partial charge >= 0.3 is 5.97 Å². The lowest BCUT2D eigenvalue weighted by Crippen LogP contribution is -2.33. The minimum Gasteiger partial charge on any atom is -0.479 e. The summed E-state index contributed by atoms with van der Waals surface area (Å²) in [6.45, 7) is 7.21. The Hall–Kier alpha value is -1.16. The van der Waals surface area contributed by atoms with E-state index in [0.29, 0.717) is 5.75 Å². The van der Waals surface area contributed by atoms with Gasteiger partial charge in [0.2, 0.25) is 0 Å². The van der Waals surface area contributed by atoms with Gasteiger partial charge in [-0.2, -0.15) is 0 Å². The predicted octanol–water partition coefficient (Wildman–Crippen LogP) is 3.52. The van der Waals surface area contributed by atoms with Gasteiger partial charge < -0.3 is 9.47 Å². The van der Waals surface area contributed by atoms with Crippen molar-refractivity contribution in [3.05, 3.63) is 24.3 Å². The second-order valence-electron chi connectivity index (χ2n) is 4.97. The second kappa shape index (κ2) is 6.14. The average Bonchev–Trinajstić information content (AvgIpc) is 2.27. The molecule has 0 saturated heterocycles. The van der Waals surface area contributed by atoms with Gasteiger partial charge in [-0.15, -0.1) is 11.8 Å². The highest BCUT2D eigenvalue weighted by atomic mass is 32.2. The average molecular weight is 268 g/mol. The van der Waals surface area contributed by atoms with Crippen molar-refractivity contribution in [2.24, 2.45) is 0 Å². The maximum absolute atomic E-state index is 11.7. The van der Waals surface area contributed by atoms with Crippen LogP contribution in [0.5, 0.6) is 5.75 Å². The van der Waals surface area contributed by atoms with Gasteiger partial charge in [-0.25, -0.2) is 4.79 Å². The number of carbonyl (C=O) groups is 1. The molecule has 100 valence electrons. The summed E-state index contributed by atoms with van der Waals surface area (Å²) in [5, 5.41) is 0. The Morgan fingerprint density at radius 1 is 1.22 bits per heavy atom. The highest BCUT2D eigenvalue weighted by molar-refractivity contribution is 7.98. The third kappa shape index (κ3) is 5.00. The minimum atomic E-state index is -0.607. The monoisotopic (exact) mass is 268 g/mol. The van der Waals surface area contributed by atoms with E-state index < -0.39 is 11.7 Å². The smallest absolute Gasteiger partial charge is 0.347 e. The molecule has 0 bridgehead atoms. The molecule has 0 aliphatic rings. The highest BCUT2D eigenvalue weighted by Gasteiger charge is 2.22. The Kier molecular flexibility index (Phi) is 5.08. The number of ether oxygens (including phenoxy) is 2. The minimum absolute atomic E-state index is 0.351. The maximum Gasteiger partial charge on any atom is 0.347 e. The number of carbonyl (C=O) groups excluding carboxylic acids is 1. The molecule has 1 aromatic carbocycles. The molecule has 0 radical (unpaired) electrons. The number of rotatable bonds is 4. The molecule has 1 atom stereocenters. The molecule has 0 aromatic heterocycles. The van der Waals surface area contributed by atoms with E-state index >= 15 is 0 Å². The van der Waals surface area contributed by atoms with E-state index in [1.165, 1.54) is 0 Å². The Morgan fingerprint density at radius 2 is 1.78 bits per heavy atom. The summed E-state index contributed by atoms with van der Waals surface area (Å²) in [5.74, 6) is 0.322. The van der Waals surface area contributed by atoms with Crippen LogP contribution in [0, 0.1) is 0 Å². The van der Waals surface area contributed by atoms with Crippen LogP contribution in [-0.4, -0.2) is 23.9 Å². The summed E-state index contributed by atoms with van der Waals surface area (Å²) in [6.07, 6.45) is 1.41. The van der Waals surface area contributed by atoms with E-state index in [1.807, 2.05) is 51.3 Å². The third-order valence-electron chi connectivity index (χ3n) is 2.11. The van der Waals surface area contributed by atoms with Crippen molar-refractivity contribution in [1.82, 2.24) is 0 Å². The molecule has 0 fully saturated rings. The van der Waals surface area contributed by atoms with Crippen LogP contribution in [0.1, 0.15) is 27.7 Å². The first-order valence-corrected chi connectivity index (χ1v) is 7.08. The van der Waals surface area contributed by atoms with Crippen molar-refractivity contribution in [3.63, 3.8) is 0 Å². The Morgan fingerprint density at radius 3 is 2.22 bits per heavy atom. The van der Waals surface area contributed by atoms with Crippen molar-refractivity contribution in [3.8, 4) is 5.75 Å². The summed E-state index contributed by atoms with van der Waals surface area (Å²) in [6, 6.07) is 7.63. The zero-order chi connectivity index (χ0) is 13.8. The van der Waals surface area contributed by atoms with Crippen molar-refractivity contribution < 1.29 is 14.3 Å². The van der Waals surface area contributed by atoms with Gasteiger partial charge in [0.05, 0.1) is 0 Å². The van der Waals surface area contributed by atoms with Crippen LogP contribution in [0.4, 0.5) is 0 Å². The lowest BCUT2D eigenvalue weighted by Gasteiger charge is -2.22. The van der Waals surface area contributed by atoms with Gasteiger partial charge in [0.1, 0.15) is 11.4 Å². The van der Waals surface area contributed by atoms with Gasteiger partial charge in [-0.3, -0.25) is 0 Å². The van der Waals surface area contributed by atoms with Crippen LogP contribution in [0.3, 0.4) is 0 Å². The van der Waals surface area contributed by atoms with E-state index in [9.17, 15) is 4.79 Å². The lowest BCUT2D eigenvalue weighted by atomic mass is 10.2. The van der Waals surface area contributed by atoms with Gasteiger partial charge in [-0.05, 0) is 58.2 Å². The predicted molar refractivity (Wildman–Crippen MR) is 74.2 cm³/mol. The second-order valence-corrected chi connectivity index (χ2v) is 5.85. The Labute approximate surface area is 113 Å². The zero-order valence-electron chi connectivity index (χ0n) is 11.5. The van der Waals surface area contributed by atoms with E-state index in [4.69, 9.17) is 9.47 Å². The molecule has 3 nitrogen and oxygen atoms in total. The SMILES string of the molecule is CSc1ccc(OC(C)C(=O)OC(C)(C)C)cc1. The van der Waals surface area contributed by atoms with Crippen molar-refractivity contribution in [2.45, 2.75) is 44.3 Å². The molecule has 1 unspecified atom stereocenters. The fraction of sp³-hybridized carbons (Fsp3) is 0.500. The molecule has 1 aromatic rings. The van der Waals surface area contributed by atoms with Crippen molar-refractivity contribution >= 4 is 17.7 Å². The number of benzene rings is 1. The summed E-state index contributed by atoms with van der Waals surface area (Å²) in [7, 11) is 0. The van der Waals surface area contributed by atoms with Gasteiger partial charge in [-0.1, -0.05) is 0 Å². The maximum atomic E-state index is 11.7. The third-order valence-corrected chi connectivity index (χ3v) is 2.85. The van der Waals surface area contributed by atoms with Crippen molar-refractivity contribution in [2.75, 3.05) is 6.26 Å². The summed E-state index contributed by atoms with van der Waals surface area (Å²) < 4.78 is 10.8. The standard InChI is InChI=1S/C14H20O3S/c1-10(13(15)17-14(2,3)4)16-11-6-8-12(18-5)9-7-11/h6-10H,1-5H3.